The summed E-state index contributed by atoms with van der Waals surface area (Å²) in [5.41, 5.74) is 3.22. The van der Waals surface area contributed by atoms with Crippen LogP contribution < -0.4 is 4.90 Å². The molecule has 5 nitrogen and oxygen atoms in total. The van der Waals surface area contributed by atoms with E-state index in [9.17, 15) is 4.79 Å². The quantitative estimate of drug-likeness (QED) is 0.623. The summed E-state index contributed by atoms with van der Waals surface area (Å²) in [5, 5.41) is 1.39. The number of nitrogens with zero attached hydrogens (tertiary/aromatic N) is 4. The van der Waals surface area contributed by atoms with Gasteiger partial charge in [-0.25, -0.2) is 0 Å². The Morgan fingerprint density at radius 1 is 0.848 bits per heavy atom. The Kier molecular flexibility index (Phi) is 7.12. The highest BCUT2D eigenvalue weighted by molar-refractivity contribution is 6.35. The van der Waals surface area contributed by atoms with Crippen molar-refractivity contribution < 1.29 is 4.79 Å². The fraction of sp³-hybridized carbons (Fsp3) is 0.500. The molecule has 5 rings (SSSR count). The zero-order chi connectivity index (χ0) is 22.8. The summed E-state index contributed by atoms with van der Waals surface area (Å²) in [4.78, 5) is 22.2. The standard InChI is InChI=1S/C26H32Cl2N4O/c27-21-6-9-25(28)24(18-21)20-4-7-23(8-5-20)30-12-10-29(11-13-30)19-26(33)32-16-14-31(15-17-32)22-2-1-3-22/h4-9,18,22H,1-3,10-17,19H2. The molecule has 1 saturated carbocycles. The fourth-order valence-corrected chi connectivity index (χ4v) is 5.51. The van der Waals surface area contributed by atoms with Gasteiger partial charge in [-0.05, 0) is 48.7 Å². The summed E-state index contributed by atoms with van der Waals surface area (Å²) in [7, 11) is 0. The molecule has 0 unspecified atom stereocenters. The number of hydrogen-bond acceptors (Lipinski definition) is 4. The summed E-state index contributed by atoms with van der Waals surface area (Å²) >= 11 is 12.5. The molecule has 0 atom stereocenters. The number of benzene rings is 2. The van der Waals surface area contributed by atoms with E-state index < -0.39 is 0 Å². The summed E-state index contributed by atoms with van der Waals surface area (Å²) in [6.45, 7) is 8.09. The van der Waals surface area contributed by atoms with Crippen LogP contribution in [0.3, 0.4) is 0 Å². The average Bonchev–Trinajstić information content (AvgIpc) is 2.81. The molecule has 0 bridgehead atoms. The predicted octanol–water partition coefficient (Wildman–Crippen LogP) is 4.48. The third-order valence-electron chi connectivity index (χ3n) is 7.46. The predicted molar refractivity (Wildman–Crippen MR) is 136 cm³/mol. The highest BCUT2D eigenvalue weighted by Gasteiger charge is 2.30. The lowest BCUT2D eigenvalue weighted by molar-refractivity contribution is -0.134. The minimum Gasteiger partial charge on any atom is -0.369 e. The Hall–Kier alpha value is -1.79. The number of anilines is 1. The molecule has 2 aromatic rings. The SMILES string of the molecule is O=C(CN1CCN(c2ccc(-c3cc(Cl)ccc3Cl)cc2)CC1)N1CCN(C2CCC2)CC1. The van der Waals surface area contributed by atoms with E-state index in [4.69, 9.17) is 23.2 Å². The van der Waals surface area contributed by atoms with Crippen LogP contribution in [-0.2, 0) is 4.79 Å². The van der Waals surface area contributed by atoms with Crippen LogP contribution in [-0.4, -0.2) is 85.6 Å². The topological polar surface area (TPSA) is 30.0 Å². The van der Waals surface area contributed by atoms with E-state index in [0.29, 0.717) is 22.5 Å². The van der Waals surface area contributed by atoms with E-state index in [-0.39, 0.29) is 0 Å². The summed E-state index contributed by atoms with van der Waals surface area (Å²) in [5.74, 6) is 0.291. The van der Waals surface area contributed by atoms with Crippen molar-refractivity contribution in [3.8, 4) is 11.1 Å². The Bertz CT molecular complexity index is 963. The second-order valence-corrected chi connectivity index (χ2v) is 10.3. The van der Waals surface area contributed by atoms with Gasteiger partial charge in [0.25, 0.3) is 0 Å². The van der Waals surface area contributed by atoms with Crippen molar-refractivity contribution in [2.75, 3.05) is 63.8 Å². The number of piperazine rings is 2. The van der Waals surface area contributed by atoms with E-state index in [0.717, 1.165) is 69.5 Å². The Morgan fingerprint density at radius 3 is 2.18 bits per heavy atom. The number of halogens is 2. The molecule has 0 radical (unpaired) electrons. The lowest BCUT2D eigenvalue weighted by Gasteiger charge is -2.43. The second-order valence-electron chi connectivity index (χ2n) is 9.44. The third-order valence-corrected chi connectivity index (χ3v) is 8.03. The van der Waals surface area contributed by atoms with E-state index in [1.165, 1.54) is 24.9 Å². The van der Waals surface area contributed by atoms with Gasteiger partial charge in [0.2, 0.25) is 5.91 Å². The molecule has 2 heterocycles. The van der Waals surface area contributed by atoms with Crippen molar-refractivity contribution in [2.45, 2.75) is 25.3 Å². The van der Waals surface area contributed by atoms with Crippen molar-refractivity contribution in [3.05, 3.63) is 52.5 Å². The van der Waals surface area contributed by atoms with Gasteiger partial charge in [-0.1, -0.05) is 41.8 Å². The van der Waals surface area contributed by atoms with Crippen molar-refractivity contribution >= 4 is 34.8 Å². The first-order valence-electron chi connectivity index (χ1n) is 12.1. The Labute approximate surface area is 206 Å². The van der Waals surface area contributed by atoms with Crippen molar-refractivity contribution in [1.29, 1.82) is 0 Å². The molecule has 33 heavy (non-hydrogen) atoms. The van der Waals surface area contributed by atoms with Crippen LogP contribution in [0.5, 0.6) is 0 Å². The monoisotopic (exact) mass is 486 g/mol. The largest absolute Gasteiger partial charge is 0.369 e. The van der Waals surface area contributed by atoms with Gasteiger partial charge in [-0.3, -0.25) is 14.6 Å². The molecule has 2 saturated heterocycles. The van der Waals surface area contributed by atoms with Gasteiger partial charge in [-0.2, -0.15) is 0 Å². The van der Waals surface area contributed by atoms with Crippen molar-refractivity contribution in [1.82, 2.24) is 14.7 Å². The number of hydrogen-bond donors (Lipinski definition) is 0. The van der Waals surface area contributed by atoms with Crippen LogP contribution in [0.1, 0.15) is 19.3 Å². The molecule has 7 heteroatoms. The number of amides is 1. The molecule has 3 fully saturated rings. The molecule has 176 valence electrons. The Balaban J connectivity index is 1.10. The van der Waals surface area contributed by atoms with Crippen LogP contribution in [0, 0.1) is 0 Å². The van der Waals surface area contributed by atoms with Gasteiger partial charge in [0, 0.05) is 79.7 Å². The van der Waals surface area contributed by atoms with Crippen LogP contribution in [0.25, 0.3) is 11.1 Å². The smallest absolute Gasteiger partial charge is 0.236 e. The second kappa shape index (κ2) is 10.2. The first kappa shape index (κ1) is 23.0. The van der Waals surface area contributed by atoms with Gasteiger partial charge >= 0.3 is 0 Å². The van der Waals surface area contributed by atoms with Gasteiger partial charge in [0.1, 0.15) is 0 Å². The lowest BCUT2D eigenvalue weighted by Crippen LogP contribution is -2.56. The van der Waals surface area contributed by atoms with E-state index in [2.05, 4.69) is 43.9 Å². The molecule has 1 aliphatic carbocycles. The third kappa shape index (κ3) is 5.32. The highest BCUT2D eigenvalue weighted by Crippen LogP contribution is 2.32. The summed E-state index contributed by atoms with van der Waals surface area (Å²) in [6.07, 6.45) is 4.06. The van der Waals surface area contributed by atoms with Gasteiger partial charge in [0.05, 0.1) is 6.54 Å². The molecule has 0 aromatic heterocycles. The van der Waals surface area contributed by atoms with E-state index in [1.807, 2.05) is 12.1 Å². The molecule has 0 spiro atoms. The minimum absolute atomic E-state index is 0.291. The first-order chi connectivity index (χ1) is 16.1. The van der Waals surface area contributed by atoms with Gasteiger partial charge in [0.15, 0.2) is 0 Å². The molecular weight excluding hydrogens is 455 g/mol. The van der Waals surface area contributed by atoms with Crippen LogP contribution >= 0.6 is 23.2 Å². The van der Waals surface area contributed by atoms with Crippen molar-refractivity contribution in [3.63, 3.8) is 0 Å². The van der Waals surface area contributed by atoms with Gasteiger partial charge in [-0.15, -0.1) is 0 Å². The molecular formula is C26H32Cl2N4O. The van der Waals surface area contributed by atoms with Crippen LogP contribution in [0.4, 0.5) is 5.69 Å². The van der Waals surface area contributed by atoms with E-state index in [1.54, 1.807) is 6.07 Å². The Morgan fingerprint density at radius 2 is 1.55 bits per heavy atom. The van der Waals surface area contributed by atoms with Crippen molar-refractivity contribution in [2.24, 2.45) is 0 Å². The molecule has 1 amide bonds. The highest BCUT2D eigenvalue weighted by atomic mass is 35.5. The zero-order valence-corrected chi connectivity index (χ0v) is 20.6. The molecule has 2 aromatic carbocycles. The molecule has 3 aliphatic rings. The summed E-state index contributed by atoms with van der Waals surface area (Å²) < 4.78 is 0. The number of carbonyl (C=O) groups excluding carboxylic acids is 1. The first-order valence-corrected chi connectivity index (χ1v) is 12.9. The fourth-order valence-electron chi connectivity index (χ4n) is 5.11. The zero-order valence-electron chi connectivity index (χ0n) is 19.1. The molecule has 0 N–H and O–H groups in total. The lowest BCUT2D eigenvalue weighted by atomic mass is 9.91. The van der Waals surface area contributed by atoms with Crippen LogP contribution in [0.15, 0.2) is 42.5 Å². The maximum absolute atomic E-state index is 12.8. The average molecular weight is 487 g/mol. The molecule has 2 aliphatic heterocycles. The normalized spacial score (nSPS) is 20.7. The maximum atomic E-state index is 12.8. The number of rotatable bonds is 5. The van der Waals surface area contributed by atoms with Gasteiger partial charge < -0.3 is 9.80 Å². The minimum atomic E-state index is 0.291. The maximum Gasteiger partial charge on any atom is 0.236 e. The summed E-state index contributed by atoms with van der Waals surface area (Å²) in [6, 6.07) is 14.8. The number of carbonyl (C=O) groups is 1. The van der Waals surface area contributed by atoms with E-state index >= 15 is 0 Å². The van der Waals surface area contributed by atoms with Crippen LogP contribution in [0.2, 0.25) is 10.0 Å².